The Labute approximate surface area is 189 Å². The van der Waals surface area contributed by atoms with Gasteiger partial charge in [0.1, 0.15) is 23.0 Å². The van der Waals surface area contributed by atoms with Crippen LogP contribution < -0.4 is 10.2 Å². The van der Waals surface area contributed by atoms with Gasteiger partial charge in [-0.25, -0.2) is 13.2 Å². The Kier molecular flexibility index (Phi) is 6.81. The van der Waals surface area contributed by atoms with E-state index >= 15 is 0 Å². The van der Waals surface area contributed by atoms with Gasteiger partial charge in [0.25, 0.3) is 5.91 Å². The number of nitrogens with one attached hydrogen (secondary N) is 1. The fraction of sp³-hybridized carbons (Fsp3) is 0.292. The summed E-state index contributed by atoms with van der Waals surface area (Å²) in [6, 6.07) is 13.4. The summed E-state index contributed by atoms with van der Waals surface area (Å²) < 4.78 is 42.3. The van der Waals surface area contributed by atoms with Crippen molar-refractivity contribution < 1.29 is 18.0 Å². The summed E-state index contributed by atoms with van der Waals surface area (Å²) in [5.74, 6) is -2.80. The second-order valence-electron chi connectivity index (χ2n) is 7.79. The molecule has 1 amide bonds. The zero-order valence-electron chi connectivity index (χ0n) is 17.6. The molecule has 4 nitrogen and oxygen atoms in total. The monoisotopic (exact) mass is 459 g/mol. The predicted octanol–water partition coefficient (Wildman–Crippen LogP) is 4.85. The third kappa shape index (κ3) is 4.66. The van der Waals surface area contributed by atoms with Crippen molar-refractivity contribution in [2.24, 2.45) is 0 Å². The van der Waals surface area contributed by atoms with Crippen LogP contribution in [0, 0.1) is 17.5 Å². The largest absolute Gasteiger partial charge is 0.367 e. The van der Waals surface area contributed by atoms with Crippen molar-refractivity contribution in [1.82, 2.24) is 10.2 Å². The number of piperazine rings is 1. The topological polar surface area (TPSA) is 35.6 Å². The molecular formula is C24H24F3N3OS. The molecule has 0 radical (unpaired) electrons. The van der Waals surface area contributed by atoms with Crippen LogP contribution in [0.15, 0.2) is 60.0 Å². The fourth-order valence-electron chi connectivity index (χ4n) is 4.22. The number of nitrogens with zero attached hydrogens (tertiary/aromatic N) is 2. The van der Waals surface area contributed by atoms with Crippen LogP contribution in [0.25, 0.3) is 0 Å². The summed E-state index contributed by atoms with van der Waals surface area (Å²) in [4.78, 5) is 18.0. The molecule has 0 saturated carbocycles. The van der Waals surface area contributed by atoms with Crippen molar-refractivity contribution in [3.05, 3.63) is 87.9 Å². The highest BCUT2D eigenvalue weighted by atomic mass is 32.1. The molecule has 1 saturated heterocycles. The number of anilines is 1. The molecule has 2 aromatic carbocycles. The molecular weight excluding hydrogens is 435 g/mol. The number of carbonyl (C=O) groups excluding carboxylic acids is 1. The van der Waals surface area contributed by atoms with E-state index in [0.29, 0.717) is 31.9 Å². The number of amides is 1. The van der Waals surface area contributed by atoms with E-state index in [2.05, 4.69) is 10.2 Å². The molecule has 1 aromatic heterocycles. The Morgan fingerprint density at radius 1 is 0.906 bits per heavy atom. The van der Waals surface area contributed by atoms with Crippen LogP contribution in [0.1, 0.15) is 28.2 Å². The number of para-hydroxylation sites is 1. The van der Waals surface area contributed by atoms with Crippen LogP contribution >= 0.6 is 11.3 Å². The van der Waals surface area contributed by atoms with Crippen molar-refractivity contribution in [3.8, 4) is 0 Å². The Balaban J connectivity index is 1.50. The zero-order valence-corrected chi connectivity index (χ0v) is 18.4. The standard InChI is InChI=1S/C24H24F3N3OS/c1-16(28-24(31)22-18(26)7-4-8-19(22)27)23(21-10-5-15-32-21)30-13-11-29(12-14-30)20-9-3-2-6-17(20)25/h2-10,15-16,23H,11-14H2,1H3,(H,28,31)/t16-,23-/m0/s1. The Morgan fingerprint density at radius 2 is 1.56 bits per heavy atom. The first-order valence-corrected chi connectivity index (χ1v) is 11.4. The molecule has 0 aliphatic carbocycles. The van der Waals surface area contributed by atoms with E-state index in [1.165, 1.54) is 12.1 Å². The summed E-state index contributed by atoms with van der Waals surface area (Å²) in [5, 5.41) is 4.75. The van der Waals surface area contributed by atoms with Crippen molar-refractivity contribution in [1.29, 1.82) is 0 Å². The smallest absolute Gasteiger partial charge is 0.257 e. The van der Waals surface area contributed by atoms with Crippen molar-refractivity contribution in [2.75, 3.05) is 31.1 Å². The van der Waals surface area contributed by atoms with Gasteiger partial charge in [-0.05, 0) is 42.6 Å². The van der Waals surface area contributed by atoms with E-state index in [0.717, 1.165) is 17.0 Å². The van der Waals surface area contributed by atoms with E-state index in [1.807, 2.05) is 35.4 Å². The van der Waals surface area contributed by atoms with Crippen LogP contribution in [-0.4, -0.2) is 43.0 Å². The minimum atomic E-state index is -0.888. The number of carbonyl (C=O) groups is 1. The summed E-state index contributed by atoms with van der Waals surface area (Å²) in [7, 11) is 0. The van der Waals surface area contributed by atoms with Gasteiger partial charge >= 0.3 is 0 Å². The molecule has 1 fully saturated rings. The predicted molar refractivity (Wildman–Crippen MR) is 121 cm³/mol. The lowest BCUT2D eigenvalue weighted by molar-refractivity contribution is 0.0882. The van der Waals surface area contributed by atoms with Gasteiger partial charge in [0.05, 0.1) is 11.7 Å². The number of thiophene rings is 1. The van der Waals surface area contributed by atoms with Gasteiger partial charge in [-0.3, -0.25) is 9.69 Å². The van der Waals surface area contributed by atoms with Crippen LogP contribution in [-0.2, 0) is 0 Å². The lowest BCUT2D eigenvalue weighted by Crippen LogP contribution is -2.52. The van der Waals surface area contributed by atoms with Crippen LogP contribution in [0.3, 0.4) is 0 Å². The Morgan fingerprint density at radius 3 is 2.19 bits per heavy atom. The molecule has 0 spiro atoms. The lowest BCUT2D eigenvalue weighted by Gasteiger charge is -2.42. The number of hydrogen-bond acceptors (Lipinski definition) is 4. The number of benzene rings is 2. The zero-order chi connectivity index (χ0) is 22.7. The minimum Gasteiger partial charge on any atom is -0.367 e. The second-order valence-corrected chi connectivity index (χ2v) is 8.77. The van der Waals surface area contributed by atoms with Crippen LogP contribution in [0.4, 0.5) is 18.9 Å². The van der Waals surface area contributed by atoms with Gasteiger partial charge in [-0.15, -0.1) is 11.3 Å². The molecule has 8 heteroatoms. The average Bonchev–Trinajstić information content (AvgIpc) is 3.29. The second kappa shape index (κ2) is 9.75. The molecule has 0 bridgehead atoms. The van der Waals surface area contributed by atoms with E-state index in [4.69, 9.17) is 0 Å². The Hall–Kier alpha value is -2.84. The Bertz CT molecular complexity index is 1050. The molecule has 1 aliphatic heterocycles. The highest BCUT2D eigenvalue weighted by Crippen LogP contribution is 2.31. The quantitative estimate of drug-likeness (QED) is 0.573. The highest BCUT2D eigenvalue weighted by Gasteiger charge is 2.32. The maximum Gasteiger partial charge on any atom is 0.257 e. The molecule has 0 unspecified atom stereocenters. The van der Waals surface area contributed by atoms with Gasteiger partial charge in [0.15, 0.2) is 0 Å². The highest BCUT2D eigenvalue weighted by molar-refractivity contribution is 7.10. The molecule has 1 aliphatic rings. The van der Waals surface area contributed by atoms with Crippen molar-refractivity contribution >= 4 is 22.9 Å². The maximum absolute atomic E-state index is 14.2. The number of halogens is 3. The van der Waals surface area contributed by atoms with E-state index in [-0.39, 0.29) is 11.9 Å². The first kappa shape index (κ1) is 22.4. The fourth-order valence-corrected chi connectivity index (χ4v) is 5.19. The first-order valence-electron chi connectivity index (χ1n) is 10.5. The third-order valence-electron chi connectivity index (χ3n) is 5.76. The molecule has 168 valence electrons. The summed E-state index contributed by atoms with van der Waals surface area (Å²) >= 11 is 1.57. The summed E-state index contributed by atoms with van der Waals surface area (Å²) in [6.45, 7) is 4.41. The third-order valence-corrected chi connectivity index (χ3v) is 6.70. The average molecular weight is 460 g/mol. The van der Waals surface area contributed by atoms with Gasteiger partial charge in [-0.2, -0.15) is 0 Å². The molecule has 3 aromatic rings. The van der Waals surface area contributed by atoms with Gasteiger partial charge in [-0.1, -0.05) is 24.3 Å². The van der Waals surface area contributed by atoms with Crippen LogP contribution in [0.5, 0.6) is 0 Å². The van der Waals surface area contributed by atoms with Crippen molar-refractivity contribution in [2.45, 2.75) is 19.0 Å². The van der Waals surface area contributed by atoms with E-state index in [9.17, 15) is 18.0 Å². The number of rotatable bonds is 6. The summed E-state index contributed by atoms with van der Waals surface area (Å²) in [6.07, 6.45) is 0. The molecule has 2 heterocycles. The molecule has 32 heavy (non-hydrogen) atoms. The summed E-state index contributed by atoms with van der Waals surface area (Å²) in [5.41, 5.74) is 0.00449. The molecule has 4 rings (SSSR count). The first-order chi connectivity index (χ1) is 15.5. The maximum atomic E-state index is 14.2. The van der Waals surface area contributed by atoms with Gasteiger partial charge in [0.2, 0.25) is 0 Å². The molecule has 1 N–H and O–H groups in total. The van der Waals surface area contributed by atoms with Gasteiger partial charge < -0.3 is 10.2 Å². The lowest BCUT2D eigenvalue weighted by atomic mass is 10.0. The number of hydrogen-bond donors (Lipinski definition) is 1. The van der Waals surface area contributed by atoms with Gasteiger partial charge in [0, 0.05) is 37.1 Å². The molecule has 2 atom stereocenters. The SMILES string of the molecule is C[C@H](NC(=O)c1c(F)cccc1F)[C@@H](c1cccs1)N1CCN(c2ccccc2F)CC1. The van der Waals surface area contributed by atoms with Crippen molar-refractivity contribution in [3.63, 3.8) is 0 Å². The minimum absolute atomic E-state index is 0.170. The van der Waals surface area contributed by atoms with Crippen LogP contribution in [0.2, 0.25) is 0 Å². The van der Waals surface area contributed by atoms with E-state index in [1.54, 1.807) is 23.5 Å². The normalized spacial score (nSPS) is 16.6. The van der Waals surface area contributed by atoms with E-state index < -0.39 is 29.1 Å².